The first kappa shape index (κ1) is 18.7. The van der Waals surface area contributed by atoms with Crippen molar-refractivity contribution in [3.8, 4) is 0 Å². The lowest BCUT2D eigenvalue weighted by Crippen LogP contribution is -2.25. The van der Waals surface area contributed by atoms with Crippen molar-refractivity contribution in [2.45, 2.75) is 13.1 Å². The van der Waals surface area contributed by atoms with Crippen molar-refractivity contribution < 1.29 is 0 Å². The summed E-state index contributed by atoms with van der Waals surface area (Å²) in [4.78, 5) is 3.89. The number of benzene rings is 3. The summed E-state index contributed by atoms with van der Waals surface area (Å²) in [5.41, 5.74) is 5.93. The molecule has 2 heterocycles. The van der Waals surface area contributed by atoms with E-state index in [4.69, 9.17) is 22.4 Å². The van der Waals surface area contributed by atoms with Gasteiger partial charge in [-0.05, 0) is 29.3 Å². The van der Waals surface area contributed by atoms with Crippen LogP contribution in [0.5, 0.6) is 0 Å². The zero-order chi connectivity index (χ0) is 18.5. The topological polar surface area (TPSA) is 54.2 Å². The van der Waals surface area contributed by atoms with Gasteiger partial charge < -0.3 is 9.80 Å². The molecular weight excluding hydrogens is 436 g/mol. The van der Waals surface area contributed by atoms with Gasteiger partial charge in [-0.3, -0.25) is 10.8 Å². The van der Waals surface area contributed by atoms with Gasteiger partial charge in [0.25, 0.3) is 0 Å². The predicted octanol–water partition coefficient (Wildman–Crippen LogP) is 5.61. The molecule has 0 spiro atoms. The SMILES string of the molecule is Br.N=C1c2ccccc2CN1c1ccc(N2Cc3ccccc3C2=N)c(Cl)c1. The van der Waals surface area contributed by atoms with E-state index in [0.29, 0.717) is 29.8 Å². The van der Waals surface area contributed by atoms with E-state index in [0.717, 1.165) is 33.6 Å². The number of hydrogen-bond donors (Lipinski definition) is 2. The van der Waals surface area contributed by atoms with Gasteiger partial charge in [0.05, 0.1) is 23.8 Å². The van der Waals surface area contributed by atoms with Crippen LogP contribution < -0.4 is 9.80 Å². The van der Waals surface area contributed by atoms with Crippen LogP contribution in [0.25, 0.3) is 0 Å². The summed E-state index contributed by atoms with van der Waals surface area (Å²) in [6.07, 6.45) is 0. The highest BCUT2D eigenvalue weighted by molar-refractivity contribution is 8.93. The summed E-state index contributed by atoms with van der Waals surface area (Å²) in [6.45, 7) is 1.33. The standard InChI is InChI=1S/C22H17ClN4.BrH/c23-19-11-16(26-12-14-5-1-3-7-17(14)21(26)24)9-10-20(19)27-13-15-6-2-4-8-18(15)22(27)25;/h1-11,24-25H,12-13H2;1H. The Labute approximate surface area is 179 Å². The Morgan fingerprint density at radius 2 is 1.25 bits per heavy atom. The molecule has 2 aliphatic rings. The van der Waals surface area contributed by atoms with Crippen LogP contribution in [0.4, 0.5) is 11.4 Å². The van der Waals surface area contributed by atoms with Crippen LogP contribution in [0.1, 0.15) is 22.3 Å². The highest BCUT2D eigenvalue weighted by atomic mass is 79.9. The smallest absolute Gasteiger partial charge is 0.133 e. The molecule has 0 amide bonds. The first-order valence-electron chi connectivity index (χ1n) is 8.82. The number of amidine groups is 2. The molecule has 28 heavy (non-hydrogen) atoms. The third kappa shape index (κ3) is 2.82. The summed E-state index contributed by atoms with van der Waals surface area (Å²) in [6, 6.07) is 21.8. The van der Waals surface area contributed by atoms with Gasteiger partial charge in [0.2, 0.25) is 0 Å². The Kier molecular flexibility index (Phi) is 4.73. The number of nitrogens with zero attached hydrogens (tertiary/aromatic N) is 2. The lowest BCUT2D eigenvalue weighted by molar-refractivity contribution is 1.03. The van der Waals surface area contributed by atoms with Gasteiger partial charge in [0.1, 0.15) is 11.7 Å². The monoisotopic (exact) mass is 452 g/mol. The third-order valence-electron chi connectivity index (χ3n) is 5.28. The van der Waals surface area contributed by atoms with Crippen molar-refractivity contribution in [1.29, 1.82) is 10.8 Å². The largest absolute Gasteiger partial charge is 0.322 e. The molecule has 0 aromatic heterocycles. The van der Waals surface area contributed by atoms with E-state index in [1.165, 1.54) is 0 Å². The highest BCUT2D eigenvalue weighted by Gasteiger charge is 2.28. The van der Waals surface area contributed by atoms with Crippen LogP contribution in [-0.4, -0.2) is 11.7 Å². The molecule has 3 aromatic rings. The van der Waals surface area contributed by atoms with Crippen molar-refractivity contribution in [2.75, 3.05) is 9.80 Å². The number of nitrogens with one attached hydrogen (secondary N) is 2. The Bertz CT molecular complexity index is 1110. The van der Waals surface area contributed by atoms with Crippen LogP contribution >= 0.6 is 28.6 Å². The van der Waals surface area contributed by atoms with Gasteiger partial charge in [-0.15, -0.1) is 17.0 Å². The zero-order valence-corrected chi connectivity index (χ0v) is 17.4. The summed E-state index contributed by atoms with van der Waals surface area (Å²) in [5, 5.41) is 17.6. The molecule has 0 atom stereocenters. The molecule has 0 radical (unpaired) electrons. The fraction of sp³-hybridized carbons (Fsp3) is 0.0909. The Hall–Kier alpha value is -2.63. The van der Waals surface area contributed by atoms with Crippen molar-refractivity contribution in [1.82, 2.24) is 0 Å². The second-order valence-electron chi connectivity index (χ2n) is 6.82. The average Bonchev–Trinajstić information content (AvgIpc) is 3.20. The second-order valence-corrected chi connectivity index (χ2v) is 7.23. The number of anilines is 2. The van der Waals surface area contributed by atoms with Gasteiger partial charge in [0.15, 0.2) is 0 Å². The van der Waals surface area contributed by atoms with Crippen molar-refractivity contribution in [2.24, 2.45) is 0 Å². The van der Waals surface area contributed by atoms with Gasteiger partial charge >= 0.3 is 0 Å². The first-order valence-corrected chi connectivity index (χ1v) is 9.19. The lowest BCUT2D eigenvalue weighted by atomic mass is 10.1. The molecule has 6 heteroatoms. The maximum atomic E-state index is 8.49. The van der Waals surface area contributed by atoms with Crippen LogP contribution in [0.15, 0.2) is 66.7 Å². The molecule has 5 rings (SSSR count). The Balaban J connectivity index is 0.00000192. The van der Waals surface area contributed by atoms with Crippen molar-refractivity contribution in [3.63, 3.8) is 0 Å². The normalized spacial score (nSPS) is 14.8. The third-order valence-corrected chi connectivity index (χ3v) is 5.58. The second kappa shape index (κ2) is 7.08. The van der Waals surface area contributed by atoms with Gasteiger partial charge in [-0.25, -0.2) is 0 Å². The van der Waals surface area contributed by atoms with Crippen LogP contribution in [0.2, 0.25) is 5.02 Å². The van der Waals surface area contributed by atoms with Crippen LogP contribution in [0.3, 0.4) is 0 Å². The lowest BCUT2D eigenvalue weighted by Gasteiger charge is -2.23. The molecule has 0 fully saturated rings. The molecule has 0 saturated heterocycles. The zero-order valence-electron chi connectivity index (χ0n) is 14.9. The molecule has 0 aliphatic carbocycles. The first-order chi connectivity index (χ1) is 13.1. The molecule has 0 bridgehead atoms. The van der Waals surface area contributed by atoms with E-state index in [1.54, 1.807) is 0 Å². The summed E-state index contributed by atoms with van der Waals surface area (Å²) >= 11 is 6.62. The fourth-order valence-electron chi connectivity index (χ4n) is 3.88. The summed E-state index contributed by atoms with van der Waals surface area (Å²) < 4.78 is 0. The summed E-state index contributed by atoms with van der Waals surface area (Å²) in [7, 11) is 0. The highest BCUT2D eigenvalue weighted by Crippen LogP contribution is 2.37. The van der Waals surface area contributed by atoms with Gasteiger partial charge in [-0.2, -0.15) is 0 Å². The van der Waals surface area contributed by atoms with Crippen molar-refractivity contribution in [3.05, 3.63) is 94.0 Å². The van der Waals surface area contributed by atoms with E-state index in [1.807, 2.05) is 64.4 Å². The predicted molar refractivity (Wildman–Crippen MR) is 121 cm³/mol. The maximum absolute atomic E-state index is 8.49. The number of hydrogen-bond acceptors (Lipinski definition) is 2. The maximum Gasteiger partial charge on any atom is 0.133 e. The average molecular weight is 454 g/mol. The molecule has 4 nitrogen and oxygen atoms in total. The molecule has 0 saturated carbocycles. The molecule has 2 N–H and O–H groups in total. The molecule has 2 aliphatic heterocycles. The van der Waals surface area contributed by atoms with Gasteiger partial charge in [0, 0.05) is 16.8 Å². The molecule has 0 unspecified atom stereocenters. The Morgan fingerprint density at radius 1 is 0.714 bits per heavy atom. The van der Waals surface area contributed by atoms with E-state index < -0.39 is 0 Å². The molecular formula is C22H18BrClN4. The minimum atomic E-state index is 0. The van der Waals surface area contributed by atoms with Crippen LogP contribution in [-0.2, 0) is 13.1 Å². The minimum absolute atomic E-state index is 0. The van der Waals surface area contributed by atoms with Crippen molar-refractivity contribution >= 4 is 51.6 Å². The van der Waals surface area contributed by atoms with E-state index >= 15 is 0 Å². The minimum Gasteiger partial charge on any atom is -0.322 e. The Morgan fingerprint density at radius 3 is 1.82 bits per heavy atom. The van der Waals surface area contributed by atoms with Gasteiger partial charge in [-0.1, -0.05) is 60.1 Å². The van der Waals surface area contributed by atoms with E-state index in [-0.39, 0.29) is 17.0 Å². The fourth-order valence-corrected chi connectivity index (χ4v) is 4.15. The van der Waals surface area contributed by atoms with E-state index in [2.05, 4.69) is 12.1 Å². The quantitative estimate of drug-likeness (QED) is 0.530. The summed E-state index contributed by atoms with van der Waals surface area (Å²) in [5.74, 6) is 0.970. The molecule has 3 aromatic carbocycles. The van der Waals surface area contributed by atoms with E-state index in [9.17, 15) is 0 Å². The molecule has 140 valence electrons. The number of fused-ring (bicyclic) bond motifs is 2. The number of rotatable bonds is 2. The van der Waals surface area contributed by atoms with Crippen LogP contribution in [0, 0.1) is 10.8 Å². The number of halogens is 2.